The number of hydrogen-bond acceptors (Lipinski definition) is 6. The van der Waals surface area contributed by atoms with Crippen LogP contribution in [0, 0.1) is 0 Å². The summed E-state index contributed by atoms with van der Waals surface area (Å²) in [6.07, 6.45) is -4.84. The lowest BCUT2D eigenvalue weighted by atomic mass is 10.1. The van der Waals surface area contributed by atoms with Crippen molar-refractivity contribution in [2.45, 2.75) is 17.7 Å². The third-order valence-corrected chi connectivity index (χ3v) is 4.95. The lowest BCUT2D eigenvalue weighted by molar-refractivity contribution is -0.139. The summed E-state index contributed by atoms with van der Waals surface area (Å²) in [7, 11) is -3.45. The van der Waals surface area contributed by atoms with Crippen molar-refractivity contribution < 1.29 is 40.0 Å². The molecular weight excluding hydrogens is 377 g/mol. The number of carbonyl (C=O) groups is 1. The van der Waals surface area contributed by atoms with Gasteiger partial charge in [-0.2, -0.15) is 21.6 Å². The first kappa shape index (κ1) is 18.1. The predicted octanol–water partition coefficient (Wildman–Crippen LogP) is 3.15. The van der Waals surface area contributed by atoms with E-state index in [1.165, 1.54) is 24.3 Å². The van der Waals surface area contributed by atoms with Gasteiger partial charge in [0.2, 0.25) is 0 Å². The van der Waals surface area contributed by atoms with Crippen LogP contribution in [0.2, 0.25) is 0 Å². The number of alkyl halides is 3. The van der Waals surface area contributed by atoms with Gasteiger partial charge in [-0.1, -0.05) is 18.2 Å². The molecule has 0 radical (unpaired) electrons. The van der Waals surface area contributed by atoms with Crippen LogP contribution in [0.25, 0.3) is 0 Å². The molecule has 1 heterocycles. The average molecular weight is 388 g/mol. The Kier molecular flexibility index (Phi) is 4.31. The number of rotatable bonds is 1. The van der Waals surface area contributed by atoms with E-state index in [4.69, 9.17) is 8.92 Å². The van der Waals surface area contributed by atoms with E-state index < -0.39 is 51.5 Å². The van der Waals surface area contributed by atoms with Crippen molar-refractivity contribution in [3.8, 4) is 11.5 Å². The SMILES string of the molecule is COC(=O)c1cc(C(F)(F)F)c2cc1OS(=O)(=O)c1ccccc1CO2. The second-order valence-electron chi connectivity index (χ2n) is 5.27. The lowest BCUT2D eigenvalue weighted by Gasteiger charge is -2.16. The van der Waals surface area contributed by atoms with Crippen LogP contribution in [0.1, 0.15) is 21.5 Å². The van der Waals surface area contributed by atoms with Crippen LogP contribution < -0.4 is 8.92 Å². The molecule has 0 atom stereocenters. The molecule has 0 fully saturated rings. The number of esters is 1. The van der Waals surface area contributed by atoms with Crippen molar-refractivity contribution in [3.05, 3.63) is 53.1 Å². The molecule has 6 nitrogen and oxygen atoms in total. The van der Waals surface area contributed by atoms with Gasteiger partial charge in [-0.05, 0) is 12.1 Å². The highest BCUT2D eigenvalue weighted by Crippen LogP contribution is 2.42. The second kappa shape index (κ2) is 6.20. The van der Waals surface area contributed by atoms with Crippen molar-refractivity contribution in [2.24, 2.45) is 0 Å². The number of halogens is 3. The van der Waals surface area contributed by atoms with Gasteiger partial charge >= 0.3 is 22.3 Å². The van der Waals surface area contributed by atoms with E-state index >= 15 is 0 Å². The zero-order chi connectivity index (χ0) is 19.1. The monoisotopic (exact) mass is 388 g/mol. The van der Waals surface area contributed by atoms with E-state index in [0.717, 1.165) is 13.2 Å². The summed E-state index contributed by atoms with van der Waals surface area (Å²) in [5.74, 6) is -2.46. The summed E-state index contributed by atoms with van der Waals surface area (Å²) in [6.45, 7) is -0.432. The lowest BCUT2D eigenvalue weighted by Crippen LogP contribution is -2.15. The number of benzene rings is 2. The van der Waals surface area contributed by atoms with Gasteiger partial charge in [-0.15, -0.1) is 0 Å². The minimum absolute atomic E-state index is 0.114. The predicted molar refractivity (Wildman–Crippen MR) is 81.4 cm³/mol. The van der Waals surface area contributed by atoms with Gasteiger partial charge in [0.25, 0.3) is 0 Å². The molecule has 10 heteroatoms. The Balaban J connectivity index is 2.28. The van der Waals surface area contributed by atoms with E-state index in [2.05, 4.69) is 4.74 Å². The quantitative estimate of drug-likeness (QED) is 0.552. The second-order valence-corrected chi connectivity index (χ2v) is 6.78. The number of ether oxygens (including phenoxy) is 2. The van der Waals surface area contributed by atoms with Gasteiger partial charge in [0.1, 0.15) is 22.8 Å². The molecule has 0 aromatic heterocycles. The molecule has 3 rings (SSSR count). The Morgan fingerprint density at radius 1 is 1.15 bits per heavy atom. The third-order valence-electron chi connectivity index (χ3n) is 3.62. The first-order valence-corrected chi connectivity index (χ1v) is 8.53. The fourth-order valence-corrected chi connectivity index (χ4v) is 3.58. The van der Waals surface area contributed by atoms with Gasteiger partial charge in [0, 0.05) is 11.6 Å². The van der Waals surface area contributed by atoms with Crippen molar-refractivity contribution in [1.82, 2.24) is 0 Å². The molecular formula is C16H11F3O6S. The highest BCUT2D eigenvalue weighted by Gasteiger charge is 2.38. The number of carbonyl (C=O) groups excluding carboxylic acids is 1. The maximum atomic E-state index is 13.3. The number of hydrogen-bond donors (Lipinski definition) is 0. The summed E-state index contributed by atoms with van der Waals surface area (Å²) in [5.41, 5.74) is -1.82. The van der Waals surface area contributed by atoms with Gasteiger partial charge in [0.05, 0.1) is 12.7 Å². The molecule has 0 aliphatic carbocycles. The third kappa shape index (κ3) is 3.19. The van der Waals surface area contributed by atoms with E-state index in [1.54, 1.807) is 0 Å². The molecule has 2 bridgehead atoms. The number of fused-ring (bicyclic) bond motifs is 3. The Labute approximate surface area is 146 Å². The summed E-state index contributed by atoms with van der Waals surface area (Å²) >= 11 is 0. The molecule has 2 aromatic carbocycles. The van der Waals surface area contributed by atoms with Crippen LogP contribution >= 0.6 is 0 Å². The average Bonchev–Trinajstić information content (AvgIpc) is 2.61. The van der Waals surface area contributed by atoms with Gasteiger partial charge in [0.15, 0.2) is 5.75 Å². The normalized spacial score (nSPS) is 15.4. The Bertz CT molecular complexity index is 982. The Morgan fingerprint density at radius 2 is 1.85 bits per heavy atom. The smallest absolute Gasteiger partial charge is 0.419 e. The molecule has 0 amide bonds. The largest absolute Gasteiger partial charge is 0.488 e. The summed E-state index contributed by atoms with van der Waals surface area (Å²) in [6, 6.07) is 6.72. The molecule has 0 spiro atoms. The van der Waals surface area contributed by atoms with Gasteiger partial charge < -0.3 is 13.7 Å². The molecule has 0 saturated heterocycles. The fraction of sp³-hybridized carbons (Fsp3) is 0.188. The van der Waals surface area contributed by atoms with Crippen LogP contribution in [-0.2, 0) is 27.6 Å². The van der Waals surface area contributed by atoms with Gasteiger partial charge in [-0.25, -0.2) is 4.79 Å². The standard InChI is InChI=1S/C16H11F3O6S/c1-23-15(20)10-6-11(16(17,18)19)13-7-12(10)25-26(21,22)14-5-3-2-4-9(14)8-24-13/h2-7H,8H2,1H3. The molecule has 26 heavy (non-hydrogen) atoms. The zero-order valence-electron chi connectivity index (χ0n) is 13.2. The molecule has 138 valence electrons. The molecule has 0 unspecified atom stereocenters. The van der Waals surface area contributed by atoms with Gasteiger partial charge in [-0.3, -0.25) is 0 Å². The summed E-state index contributed by atoms with van der Waals surface area (Å²) in [4.78, 5) is 11.6. The number of methoxy groups -OCH3 is 1. The fourth-order valence-electron chi connectivity index (χ4n) is 2.43. The minimum atomic E-state index is -4.84. The molecule has 0 N–H and O–H groups in total. The van der Waals surface area contributed by atoms with Crippen molar-refractivity contribution >= 4 is 16.1 Å². The van der Waals surface area contributed by atoms with Crippen LogP contribution in [0.4, 0.5) is 13.2 Å². The van der Waals surface area contributed by atoms with E-state index in [0.29, 0.717) is 6.07 Å². The van der Waals surface area contributed by atoms with Crippen molar-refractivity contribution in [1.29, 1.82) is 0 Å². The van der Waals surface area contributed by atoms with E-state index in [9.17, 15) is 26.4 Å². The Hall–Kier alpha value is -2.75. The Morgan fingerprint density at radius 3 is 2.50 bits per heavy atom. The highest BCUT2D eigenvalue weighted by molar-refractivity contribution is 7.87. The molecule has 1 aliphatic rings. The van der Waals surface area contributed by atoms with Crippen molar-refractivity contribution in [3.63, 3.8) is 0 Å². The van der Waals surface area contributed by atoms with E-state index in [1.807, 2.05) is 0 Å². The first-order chi connectivity index (χ1) is 12.1. The maximum absolute atomic E-state index is 13.3. The van der Waals surface area contributed by atoms with Crippen LogP contribution in [0.15, 0.2) is 41.3 Å². The van der Waals surface area contributed by atoms with Crippen molar-refractivity contribution in [2.75, 3.05) is 7.11 Å². The first-order valence-electron chi connectivity index (χ1n) is 7.12. The zero-order valence-corrected chi connectivity index (χ0v) is 14.0. The summed E-state index contributed by atoms with van der Waals surface area (Å²) in [5, 5.41) is 0. The van der Waals surface area contributed by atoms with E-state index in [-0.39, 0.29) is 10.5 Å². The van der Waals surface area contributed by atoms with Crippen LogP contribution in [0.3, 0.4) is 0 Å². The molecule has 2 aromatic rings. The molecule has 1 aliphatic heterocycles. The minimum Gasteiger partial charge on any atom is -0.488 e. The topological polar surface area (TPSA) is 78.9 Å². The summed E-state index contributed by atoms with van der Waals surface area (Å²) < 4.78 is 79.5. The highest BCUT2D eigenvalue weighted by atomic mass is 32.2. The maximum Gasteiger partial charge on any atom is 0.419 e. The van der Waals surface area contributed by atoms with Crippen LogP contribution in [0.5, 0.6) is 11.5 Å². The van der Waals surface area contributed by atoms with Crippen LogP contribution in [-0.4, -0.2) is 21.5 Å². The molecule has 0 saturated carbocycles.